The lowest BCUT2D eigenvalue weighted by Gasteiger charge is -2.06. The Hall–Kier alpha value is -2.62. The summed E-state index contributed by atoms with van der Waals surface area (Å²) in [6.07, 6.45) is 6.98. The highest BCUT2D eigenvalue weighted by Crippen LogP contribution is 2.08. The van der Waals surface area contributed by atoms with Crippen LogP contribution in [-0.2, 0) is 17.6 Å². The lowest BCUT2D eigenvalue weighted by atomic mass is 10.1. The second kappa shape index (κ2) is 7.77. The Morgan fingerprint density at radius 1 is 1.12 bits per heavy atom. The molecule has 4 nitrogen and oxygen atoms in total. The summed E-state index contributed by atoms with van der Waals surface area (Å²) in [4.78, 5) is 16.4. The maximum absolute atomic E-state index is 11.9. The van der Waals surface area contributed by atoms with E-state index in [-0.39, 0.29) is 5.91 Å². The average molecular weight is 321 g/mol. The van der Waals surface area contributed by atoms with E-state index in [9.17, 15) is 4.79 Å². The number of imidazole rings is 1. The molecule has 2 aromatic heterocycles. The predicted octanol–water partition coefficient (Wildman–Crippen LogP) is 3.32. The van der Waals surface area contributed by atoms with E-state index in [2.05, 4.69) is 45.9 Å². The SMILES string of the molecule is Cc1ccc(CCCC(=O)NCCc2ncc3ccccn23)cc1. The van der Waals surface area contributed by atoms with Crippen LogP contribution >= 0.6 is 0 Å². The van der Waals surface area contributed by atoms with Crippen molar-refractivity contribution >= 4 is 11.4 Å². The van der Waals surface area contributed by atoms with Crippen molar-refractivity contribution in [3.05, 3.63) is 71.8 Å². The summed E-state index contributed by atoms with van der Waals surface area (Å²) in [5.74, 6) is 1.09. The third kappa shape index (κ3) is 4.22. The van der Waals surface area contributed by atoms with E-state index >= 15 is 0 Å². The number of benzene rings is 1. The summed E-state index contributed by atoms with van der Waals surface area (Å²) in [6.45, 7) is 2.71. The first-order chi connectivity index (χ1) is 11.7. The number of nitrogens with one attached hydrogen (secondary N) is 1. The van der Waals surface area contributed by atoms with Gasteiger partial charge in [0.05, 0.1) is 11.7 Å². The zero-order valence-corrected chi connectivity index (χ0v) is 14.0. The van der Waals surface area contributed by atoms with Crippen LogP contribution in [0.15, 0.2) is 54.9 Å². The van der Waals surface area contributed by atoms with E-state index in [0.29, 0.717) is 13.0 Å². The van der Waals surface area contributed by atoms with Crippen molar-refractivity contribution in [2.24, 2.45) is 0 Å². The molecular weight excluding hydrogens is 298 g/mol. The van der Waals surface area contributed by atoms with Crippen LogP contribution in [0.4, 0.5) is 0 Å². The van der Waals surface area contributed by atoms with E-state index < -0.39 is 0 Å². The quantitative estimate of drug-likeness (QED) is 0.725. The molecule has 0 saturated heterocycles. The van der Waals surface area contributed by atoms with Crippen LogP contribution in [0.3, 0.4) is 0 Å². The molecule has 0 unspecified atom stereocenters. The molecule has 0 spiro atoms. The maximum Gasteiger partial charge on any atom is 0.220 e. The summed E-state index contributed by atoms with van der Waals surface area (Å²) >= 11 is 0. The van der Waals surface area contributed by atoms with Crippen LogP contribution in [0.2, 0.25) is 0 Å². The molecule has 1 aromatic carbocycles. The van der Waals surface area contributed by atoms with Gasteiger partial charge in [-0.15, -0.1) is 0 Å². The minimum Gasteiger partial charge on any atom is -0.356 e. The van der Waals surface area contributed by atoms with E-state index in [1.165, 1.54) is 11.1 Å². The van der Waals surface area contributed by atoms with Gasteiger partial charge in [0.2, 0.25) is 5.91 Å². The maximum atomic E-state index is 11.9. The third-order valence-electron chi connectivity index (χ3n) is 4.18. The van der Waals surface area contributed by atoms with Crippen LogP contribution in [0.1, 0.15) is 29.8 Å². The van der Waals surface area contributed by atoms with Crippen LogP contribution < -0.4 is 5.32 Å². The monoisotopic (exact) mass is 321 g/mol. The predicted molar refractivity (Wildman–Crippen MR) is 96.0 cm³/mol. The van der Waals surface area contributed by atoms with Crippen molar-refractivity contribution in [1.82, 2.24) is 14.7 Å². The molecule has 4 heteroatoms. The Bertz CT molecular complexity index is 805. The molecule has 1 amide bonds. The first-order valence-corrected chi connectivity index (χ1v) is 8.45. The molecule has 0 saturated carbocycles. The Morgan fingerprint density at radius 3 is 2.79 bits per heavy atom. The van der Waals surface area contributed by atoms with E-state index in [1.54, 1.807) is 0 Å². The van der Waals surface area contributed by atoms with Crippen LogP contribution in [0.5, 0.6) is 0 Å². The highest BCUT2D eigenvalue weighted by atomic mass is 16.1. The van der Waals surface area contributed by atoms with Gasteiger partial charge in [0, 0.05) is 25.6 Å². The van der Waals surface area contributed by atoms with Crippen molar-refractivity contribution in [3.8, 4) is 0 Å². The van der Waals surface area contributed by atoms with Crippen molar-refractivity contribution < 1.29 is 4.79 Å². The first kappa shape index (κ1) is 16.2. The molecule has 0 aliphatic rings. The third-order valence-corrected chi connectivity index (χ3v) is 4.18. The molecule has 0 aliphatic heterocycles. The highest BCUT2D eigenvalue weighted by Gasteiger charge is 2.05. The van der Waals surface area contributed by atoms with Gasteiger partial charge in [-0.3, -0.25) is 4.79 Å². The number of nitrogens with zero attached hydrogens (tertiary/aromatic N) is 2. The van der Waals surface area contributed by atoms with Gasteiger partial charge in [-0.05, 0) is 37.5 Å². The lowest BCUT2D eigenvalue weighted by molar-refractivity contribution is -0.121. The molecule has 0 radical (unpaired) electrons. The molecular formula is C20H23N3O. The van der Waals surface area contributed by atoms with Gasteiger partial charge in [-0.25, -0.2) is 4.98 Å². The number of aromatic nitrogens is 2. The summed E-state index contributed by atoms with van der Waals surface area (Å²) in [5.41, 5.74) is 3.64. The fourth-order valence-corrected chi connectivity index (χ4v) is 2.79. The number of amides is 1. The standard InChI is InChI=1S/C20H23N3O/c1-16-8-10-17(11-9-16)5-4-7-20(24)21-13-12-19-22-15-18-6-2-3-14-23(18)19/h2-3,6,8-11,14-15H,4-5,7,12-13H2,1H3,(H,21,24). The minimum absolute atomic E-state index is 0.114. The zero-order chi connectivity index (χ0) is 16.8. The van der Waals surface area contributed by atoms with Gasteiger partial charge in [0.25, 0.3) is 0 Å². The van der Waals surface area contributed by atoms with Gasteiger partial charge >= 0.3 is 0 Å². The molecule has 0 atom stereocenters. The summed E-state index contributed by atoms with van der Waals surface area (Å²) in [7, 11) is 0. The second-order valence-corrected chi connectivity index (χ2v) is 6.11. The summed E-state index contributed by atoms with van der Waals surface area (Å²) in [5, 5.41) is 2.99. The lowest BCUT2D eigenvalue weighted by Crippen LogP contribution is -2.26. The van der Waals surface area contributed by atoms with E-state index in [0.717, 1.165) is 30.6 Å². The average Bonchev–Trinajstić information content (AvgIpc) is 3.00. The van der Waals surface area contributed by atoms with E-state index in [1.807, 2.05) is 30.6 Å². The van der Waals surface area contributed by atoms with Crippen molar-refractivity contribution in [3.63, 3.8) is 0 Å². The number of hydrogen-bond donors (Lipinski definition) is 1. The summed E-state index contributed by atoms with van der Waals surface area (Å²) < 4.78 is 2.06. The Labute approximate surface area is 142 Å². The smallest absolute Gasteiger partial charge is 0.220 e. The molecule has 0 bridgehead atoms. The number of pyridine rings is 1. The number of hydrogen-bond acceptors (Lipinski definition) is 2. The fourth-order valence-electron chi connectivity index (χ4n) is 2.79. The Morgan fingerprint density at radius 2 is 1.96 bits per heavy atom. The van der Waals surface area contributed by atoms with Crippen LogP contribution in [-0.4, -0.2) is 21.8 Å². The topological polar surface area (TPSA) is 46.4 Å². The van der Waals surface area contributed by atoms with E-state index in [4.69, 9.17) is 0 Å². The Kier molecular flexibility index (Phi) is 5.26. The summed E-state index contributed by atoms with van der Waals surface area (Å²) in [6, 6.07) is 14.5. The zero-order valence-electron chi connectivity index (χ0n) is 14.0. The number of aryl methyl sites for hydroxylation is 2. The normalized spacial score (nSPS) is 10.9. The van der Waals surface area contributed by atoms with Crippen molar-refractivity contribution in [2.45, 2.75) is 32.6 Å². The molecule has 24 heavy (non-hydrogen) atoms. The molecule has 3 rings (SSSR count). The van der Waals surface area contributed by atoms with Gasteiger partial charge < -0.3 is 9.72 Å². The highest BCUT2D eigenvalue weighted by molar-refractivity contribution is 5.75. The van der Waals surface area contributed by atoms with Crippen LogP contribution in [0, 0.1) is 6.92 Å². The molecule has 2 heterocycles. The number of rotatable bonds is 7. The number of fused-ring (bicyclic) bond motifs is 1. The van der Waals surface area contributed by atoms with Crippen molar-refractivity contribution in [1.29, 1.82) is 0 Å². The molecule has 0 fully saturated rings. The van der Waals surface area contributed by atoms with Crippen LogP contribution in [0.25, 0.3) is 5.52 Å². The molecule has 3 aromatic rings. The number of carbonyl (C=O) groups is 1. The van der Waals surface area contributed by atoms with Crippen molar-refractivity contribution in [2.75, 3.05) is 6.54 Å². The van der Waals surface area contributed by atoms with Gasteiger partial charge in [0.1, 0.15) is 5.82 Å². The number of carbonyl (C=O) groups excluding carboxylic acids is 1. The Balaban J connectivity index is 1.39. The first-order valence-electron chi connectivity index (χ1n) is 8.45. The van der Waals surface area contributed by atoms with Gasteiger partial charge in [-0.1, -0.05) is 35.9 Å². The molecule has 0 aliphatic carbocycles. The largest absolute Gasteiger partial charge is 0.356 e. The molecule has 1 N–H and O–H groups in total. The molecule has 124 valence electrons. The minimum atomic E-state index is 0.114. The van der Waals surface area contributed by atoms with Gasteiger partial charge in [-0.2, -0.15) is 0 Å². The van der Waals surface area contributed by atoms with Gasteiger partial charge in [0.15, 0.2) is 0 Å². The fraction of sp³-hybridized carbons (Fsp3) is 0.300. The second-order valence-electron chi connectivity index (χ2n) is 6.11.